The average Bonchev–Trinajstić information content (AvgIpc) is 3.86. The number of aromatic nitrogens is 2. The van der Waals surface area contributed by atoms with Gasteiger partial charge in [0.05, 0.1) is 35.6 Å². The number of benzene rings is 1. The summed E-state index contributed by atoms with van der Waals surface area (Å²) in [5, 5.41) is 21.5. The summed E-state index contributed by atoms with van der Waals surface area (Å²) in [6, 6.07) is 3.41. The Kier molecular flexibility index (Phi) is 23.1. The van der Waals surface area contributed by atoms with Crippen molar-refractivity contribution in [1.82, 2.24) is 35.7 Å². The molecule has 5 heterocycles. The van der Waals surface area contributed by atoms with Crippen LogP contribution in [0.2, 0.25) is 0 Å². The number of cyclic esters (lactones) is 1. The second-order valence-corrected chi connectivity index (χ2v) is 16.3. The minimum absolute atomic E-state index is 0.0946. The molecule has 19 nitrogen and oxygen atoms in total. The van der Waals surface area contributed by atoms with Gasteiger partial charge in [0.1, 0.15) is 25.2 Å². The molecule has 3 aliphatic heterocycles. The lowest BCUT2D eigenvalue weighted by Crippen LogP contribution is -2.51. The van der Waals surface area contributed by atoms with Gasteiger partial charge in [-0.15, -0.1) is 0 Å². The van der Waals surface area contributed by atoms with E-state index in [4.69, 9.17) is 20.2 Å². The maximum absolute atomic E-state index is 14.7. The Hall–Kier alpha value is -6.54. The summed E-state index contributed by atoms with van der Waals surface area (Å²) in [4.78, 5) is 102. The molecule has 6 rings (SSSR count). The van der Waals surface area contributed by atoms with Gasteiger partial charge in [-0.25, -0.2) is 19.0 Å². The number of aliphatic hydroxyl groups is 1. The van der Waals surface area contributed by atoms with Crippen molar-refractivity contribution in [3.63, 3.8) is 0 Å². The van der Waals surface area contributed by atoms with E-state index in [2.05, 4.69) is 21.3 Å². The number of carbonyl (C=O) groups excluding carboxylic acids is 7. The molecule has 0 spiro atoms. The molecule has 0 fully saturated rings. The van der Waals surface area contributed by atoms with Gasteiger partial charge in [0, 0.05) is 60.8 Å². The molecule has 69 heavy (non-hydrogen) atoms. The number of pyridine rings is 2. The van der Waals surface area contributed by atoms with E-state index >= 15 is 0 Å². The number of aliphatic hydroxyl groups excluding tert-OH is 1. The Balaban J connectivity index is 0.00000104. The maximum Gasteiger partial charge on any atom is 0.340 e. The molecule has 2 atom stereocenters. The molecule has 0 radical (unpaired) electrons. The summed E-state index contributed by atoms with van der Waals surface area (Å²) in [7, 11) is 0. The van der Waals surface area contributed by atoms with Crippen LogP contribution in [0.3, 0.4) is 0 Å². The third kappa shape index (κ3) is 15.5. The molecule has 2 unspecified atom stereocenters. The van der Waals surface area contributed by atoms with E-state index in [9.17, 15) is 47.9 Å². The maximum atomic E-state index is 14.7. The first-order valence-electron chi connectivity index (χ1n) is 23.7. The van der Waals surface area contributed by atoms with Gasteiger partial charge in [0.2, 0.25) is 17.7 Å². The number of amides is 7. The van der Waals surface area contributed by atoms with Crippen molar-refractivity contribution in [1.29, 1.82) is 0 Å². The second-order valence-electron chi connectivity index (χ2n) is 16.3. The molecule has 0 saturated carbocycles. The Morgan fingerprint density at radius 1 is 0.928 bits per heavy atom. The highest BCUT2D eigenvalue weighted by molar-refractivity contribution is 6.12. The van der Waals surface area contributed by atoms with Crippen LogP contribution < -0.4 is 32.6 Å². The van der Waals surface area contributed by atoms with Crippen molar-refractivity contribution in [2.75, 3.05) is 33.0 Å². The van der Waals surface area contributed by atoms with Crippen LogP contribution in [0.4, 0.5) is 9.18 Å². The number of fused-ring (bicyclic) bond motifs is 5. The third-order valence-electron chi connectivity index (χ3n) is 11.1. The van der Waals surface area contributed by atoms with Crippen molar-refractivity contribution in [2.45, 2.75) is 132 Å². The van der Waals surface area contributed by atoms with Gasteiger partial charge in [-0.1, -0.05) is 54.9 Å². The lowest BCUT2D eigenvalue weighted by Gasteiger charge is -2.21. The minimum Gasteiger partial charge on any atom is -0.458 e. The fourth-order valence-corrected chi connectivity index (χ4v) is 7.59. The molecule has 20 heteroatoms. The normalized spacial score (nSPS) is 14.4. The van der Waals surface area contributed by atoms with Gasteiger partial charge >= 0.3 is 12.0 Å². The highest BCUT2D eigenvalue weighted by Crippen LogP contribution is 2.39. The lowest BCUT2D eigenvalue weighted by molar-refractivity contribution is -0.157. The quantitative estimate of drug-likeness (QED) is 0.0314. The molecule has 7 N–H and O–H groups in total. The second kappa shape index (κ2) is 28.1. The molecule has 0 saturated heterocycles. The van der Waals surface area contributed by atoms with Gasteiger partial charge in [-0.05, 0) is 74.6 Å². The number of nitrogens with two attached hydrogens (primary N) is 1. The van der Waals surface area contributed by atoms with Crippen molar-refractivity contribution < 1.29 is 52.5 Å². The van der Waals surface area contributed by atoms with Gasteiger partial charge in [-0.3, -0.25) is 33.7 Å². The van der Waals surface area contributed by atoms with Gasteiger partial charge < -0.3 is 46.1 Å². The number of urea groups is 1. The zero-order valence-corrected chi connectivity index (χ0v) is 41.1. The number of aryl methyl sites for hydroxylation is 2. The highest BCUT2D eigenvalue weighted by Gasteiger charge is 2.35. The van der Waals surface area contributed by atoms with E-state index in [1.165, 1.54) is 22.8 Å². The van der Waals surface area contributed by atoms with Gasteiger partial charge in [0.25, 0.3) is 17.4 Å². The summed E-state index contributed by atoms with van der Waals surface area (Å²) in [5.74, 6) is -3.47. The van der Waals surface area contributed by atoms with E-state index in [1.54, 1.807) is 32.9 Å². The van der Waals surface area contributed by atoms with E-state index in [-0.39, 0.29) is 79.7 Å². The molecule has 378 valence electrons. The smallest absolute Gasteiger partial charge is 0.340 e. The first-order valence-corrected chi connectivity index (χ1v) is 23.7. The molecule has 3 aliphatic rings. The molecule has 0 aliphatic carbocycles. The first kappa shape index (κ1) is 56.8. The Labute approximate surface area is 402 Å². The summed E-state index contributed by atoms with van der Waals surface area (Å²) in [6.45, 7) is 16.0. The van der Waals surface area contributed by atoms with Crippen LogP contribution in [0, 0.1) is 18.7 Å². The zero-order chi connectivity index (χ0) is 51.4. The predicted octanol–water partition coefficient (Wildman–Crippen LogP) is 4.24. The molecule has 7 amide bonds. The van der Waals surface area contributed by atoms with Crippen molar-refractivity contribution in [3.8, 4) is 11.4 Å². The van der Waals surface area contributed by atoms with Crippen LogP contribution in [0.15, 0.2) is 35.1 Å². The summed E-state index contributed by atoms with van der Waals surface area (Å²) >= 11 is 0. The fraction of sp³-hybridized carbons (Fsp3) is 0.531. The van der Waals surface area contributed by atoms with E-state index in [1.807, 2.05) is 34.6 Å². The van der Waals surface area contributed by atoms with E-state index < -0.39 is 41.8 Å². The average molecular weight is 965 g/mol. The van der Waals surface area contributed by atoms with E-state index in [0.29, 0.717) is 74.1 Å². The monoisotopic (exact) mass is 965 g/mol. The van der Waals surface area contributed by atoms with Crippen LogP contribution in [-0.4, -0.2) is 100 Å². The number of hydrogen-bond acceptors (Lipinski definition) is 12. The van der Waals surface area contributed by atoms with Gasteiger partial charge in [0.15, 0.2) is 6.10 Å². The molecule has 1 aromatic carbocycles. The third-order valence-corrected chi connectivity index (χ3v) is 11.1. The predicted molar refractivity (Wildman–Crippen MR) is 257 cm³/mol. The lowest BCUT2D eigenvalue weighted by atomic mass is 9.94. The SMILES string of the molecule is CC.CC.CCCNC(N)=O.Cc1cc2c(CCCCOCNC(=O)CNC(=O)C(NC(=O)CCCCCN3C(=O)C=CC3=O)C(C)C)c3c(nc2cc1F)-c1cc2c(c(=O)n1C3)COC(=O)C2O. The molecule has 3 aromatic rings. The minimum atomic E-state index is -1.59. The van der Waals surface area contributed by atoms with Crippen molar-refractivity contribution in [2.24, 2.45) is 11.7 Å². The summed E-state index contributed by atoms with van der Waals surface area (Å²) < 4.78 is 26.9. The highest BCUT2D eigenvalue weighted by atomic mass is 19.1. The fourth-order valence-electron chi connectivity index (χ4n) is 7.59. The summed E-state index contributed by atoms with van der Waals surface area (Å²) in [6.07, 6.45) is 5.46. The van der Waals surface area contributed by atoms with Crippen molar-refractivity contribution >= 4 is 52.4 Å². The van der Waals surface area contributed by atoms with Gasteiger partial charge in [-0.2, -0.15) is 0 Å². The van der Waals surface area contributed by atoms with Crippen LogP contribution in [0.1, 0.15) is 127 Å². The number of nitrogens with zero attached hydrogens (tertiary/aromatic N) is 3. The molecular formula is C49H69FN8O11. The Morgan fingerprint density at radius 3 is 2.26 bits per heavy atom. The zero-order valence-electron chi connectivity index (χ0n) is 41.1. The van der Waals surface area contributed by atoms with E-state index in [0.717, 1.165) is 27.8 Å². The standard InChI is InChI=1S/C41H47FN6O10.C4H10N2O.2C2H6/c1-22(2)36(46-32(49)10-5-4-7-13-47-34(51)11-12-35(47)52)39(54)43-18-33(50)44-21-57-14-8-6-9-24-25-15-23(3)29(42)17-30(25)45-37-27(24)19-48-31(37)16-26-28(40(48)55)20-58-41(56)38(26)53;1-2-3-6-4(5)7;2*1-2/h11-12,15-17,22,36,38,53H,4-10,13-14,18-21H2,1-3H3,(H,43,54)(H,44,50)(H,46,49);2-3H2,1H3,(H3,5,6,7);2*1-2H3. The largest absolute Gasteiger partial charge is 0.458 e. The number of unbranched alkanes of at least 4 members (excludes halogenated alkanes) is 3. The summed E-state index contributed by atoms with van der Waals surface area (Å²) in [5.41, 5.74) is 8.23. The number of hydrogen-bond donors (Lipinski definition) is 6. The van der Waals surface area contributed by atoms with Crippen LogP contribution in [0.25, 0.3) is 22.3 Å². The Bertz CT molecular complexity index is 2400. The first-order chi connectivity index (χ1) is 33.0. The number of nitrogens with one attached hydrogen (secondary N) is 4. The van der Waals surface area contributed by atoms with Crippen LogP contribution >= 0.6 is 0 Å². The molecular weight excluding hydrogens is 896 g/mol. The number of imide groups is 1. The number of carbonyl (C=O) groups is 7. The van der Waals surface area contributed by atoms with Crippen molar-refractivity contribution in [3.05, 3.63) is 74.3 Å². The number of primary amides is 1. The van der Waals surface area contributed by atoms with Crippen LogP contribution in [-0.2, 0) is 57.8 Å². The molecule has 0 bridgehead atoms. The number of esters is 1. The number of ether oxygens (including phenoxy) is 2. The Morgan fingerprint density at radius 2 is 1.62 bits per heavy atom. The number of rotatable bonds is 20. The molecule has 2 aromatic heterocycles. The number of halogens is 1. The topological polar surface area (TPSA) is 270 Å². The van der Waals surface area contributed by atoms with Crippen LogP contribution in [0.5, 0.6) is 0 Å².